The molecule has 2 rings (SSSR count). The molecule has 1 heterocycles. The van der Waals surface area contributed by atoms with Crippen molar-refractivity contribution < 1.29 is 14.3 Å². The van der Waals surface area contributed by atoms with E-state index in [1.165, 1.54) is 0 Å². The van der Waals surface area contributed by atoms with Crippen LogP contribution in [-0.2, 0) is 12.1 Å². The van der Waals surface area contributed by atoms with Gasteiger partial charge in [-0.3, -0.25) is 0 Å². The number of halogens is 1. The van der Waals surface area contributed by atoms with E-state index in [2.05, 4.69) is 20.5 Å². The van der Waals surface area contributed by atoms with Crippen LogP contribution >= 0.6 is 24.0 Å². The molecule has 0 aliphatic heterocycles. The van der Waals surface area contributed by atoms with Gasteiger partial charge in [-0.2, -0.15) is 0 Å². The second-order valence-electron chi connectivity index (χ2n) is 7.95. The van der Waals surface area contributed by atoms with Crippen LogP contribution in [-0.4, -0.2) is 56.3 Å². The van der Waals surface area contributed by atoms with Crippen LogP contribution in [0.2, 0.25) is 0 Å². The van der Waals surface area contributed by atoms with E-state index in [1.54, 1.807) is 6.92 Å². The predicted molar refractivity (Wildman–Crippen MR) is 136 cm³/mol. The summed E-state index contributed by atoms with van der Waals surface area (Å²) in [5.74, 6) is 3.01. The number of hydrogen-bond acceptors (Lipinski definition) is 5. The number of hydrogen-bond donors (Lipinski definition) is 3. The highest BCUT2D eigenvalue weighted by molar-refractivity contribution is 14.0. The van der Waals surface area contributed by atoms with E-state index in [-0.39, 0.29) is 24.0 Å². The summed E-state index contributed by atoms with van der Waals surface area (Å²) in [6.07, 6.45) is 0. The van der Waals surface area contributed by atoms with Gasteiger partial charge in [0, 0.05) is 18.7 Å². The molecule has 174 valence electrons. The molecule has 1 atom stereocenters. The van der Waals surface area contributed by atoms with Gasteiger partial charge in [0.2, 0.25) is 0 Å². The Hall–Kier alpha value is -1.78. The third kappa shape index (κ3) is 9.08. The highest BCUT2D eigenvalue weighted by atomic mass is 127. The molecular formula is C23H37IN4O3. The van der Waals surface area contributed by atoms with E-state index < -0.39 is 5.60 Å². The lowest BCUT2D eigenvalue weighted by molar-refractivity contribution is 0.0601. The van der Waals surface area contributed by atoms with Crippen LogP contribution in [0.3, 0.4) is 0 Å². The van der Waals surface area contributed by atoms with E-state index in [0.29, 0.717) is 25.7 Å². The van der Waals surface area contributed by atoms with Crippen molar-refractivity contribution in [1.29, 1.82) is 0 Å². The molecule has 0 spiro atoms. The molecule has 0 saturated heterocycles. The number of ether oxygens (including phenoxy) is 1. The van der Waals surface area contributed by atoms with Crippen LogP contribution in [0, 0.1) is 13.8 Å². The molecule has 2 aromatic rings. The summed E-state index contributed by atoms with van der Waals surface area (Å²) in [5, 5.41) is 17.4. The zero-order chi connectivity index (χ0) is 22.1. The highest BCUT2D eigenvalue weighted by Crippen LogP contribution is 2.26. The fraction of sp³-hybridized carbons (Fsp3) is 0.522. The first kappa shape index (κ1) is 27.3. The Kier molecular flexibility index (Phi) is 11.4. The normalized spacial score (nSPS) is 13.5. The minimum Gasteiger partial charge on any atom is -0.492 e. The van der Waals surface area contributed by atoms with Gasteiger partial charge >= 0.3 is 0 Å². The minimum atomic E-state index is -1.07. The molecule has 8 heteroatoms. The monoisotopic (exact) mass is 544 g/mol. The molecule has 0 radical (unpaired) electrons. The van der Waals surface area contributed by atoms with Crippen molar-refractivity contribution in [1.82, 2.24) is 15.5 Å². The van der Waals surface area contributed by atoms with Gasteiger partial charge in [-0.25, -0.2) is 4.99 Å². The predicted octanol–water partition coefficient (Wildman–Crippen LogP) is 3.42. The standard InChI is InChI=1S/C23H36N4O3.HI/c1-7-24-22(26-16-23(4,28)21-13-17(2)30-18(21)3)25-15-19-9-8-10-20(14-19)29-12-11-27(5)6;/h8-10,13-14,28H,7,11-12,15-16H2,1-6H3,(H2,24,25,26);1H. The lowest BCUT2D eigenvalue weighted by Crippen LogP contribution is -2.44. The molecular weight excluding hydrogens is 507 g/mol. The van der Waals surface area contributed by atoms with Crippen LogP contribution in [0.1, 0.15) is 36.5 Å². The largest absolute Gasteiger partial charge is 0.492 e. The summed E-state index contributed by atoms with van der Waals surface area (Å²) in [6.45, 7) is 10.6. The third-order valence-electron chi connectivity index (χ3n) is 4.69. The van der Waals surface area contributed by atoms with E-state index in [4.69, 9.17) is 9.15 Å². The van der Waals surface area contributed by atoms with Crippen LogP contribution in [0.25, 0.3) is 0 Å². The Bertz CT molecular complexity index is 834. The van der Waals surface area contributed by atoms with Crippen molar-refractivity contribution in [3.05, 3.63) is 53.0 Å². The summed E-state index contributed by atoms with van der Waals surface area (Å²) in [4.78, 5) is 6.74. The van der Waals surface area contributed by atoms with Crippen LogP contribution in [0.5, 0.6) is 5.75 Å². The fourth-order valence-electron chi connectivity index (χ4n) is 3.11. The third-order valence-corrected chi connectivity index (χ3v) is 4.69. The van der Waals surface area contributed by atoms with Gasteiger partial charge < -0.3 is 29.8 Å². The van der Waals surface area contributed by atoms with Crippen LogP contribution in [0.4, 0.5) is 0 Å². The Morgan fingerprint density at radius 2 is 1.97 bits per heavy atom. The van der Waals surface area contributed by atoms with Crippen molar-refractivity contribution in [2.75, 3.05) is 40.3 Å². The number of aliphatic hydroxyl groups is 1. The first-order chi connectivity index (χ1) is 14.2. The minimum absolute atomic E-state index is 0. The maximum absolute atomic E-state index is 10.9. The summed E-state index contributed by atoms with van der Waals surface area (Å²) in [7, 11) is 4.05. The van der Waals surface area contributed by atoms with Crippen LogP contribution < -0.4 is 15.4 Å². The number of guanidine groups is 1. The molecule has 7 nitrogen and oxygen atoms in total. The maximum Gasteiger partial charge on any atom is 0.191 e. The van der Waals surface area contributed by atoms with Crippen molar-refractivity contribution in [3.8, 4) is 5.75 Å². The number of benzene rings is 1. The SMILES string of the molecule is CCNC(=NCc1cccc(OCCN(C)C)c1)NCC(C)(O)c1cc(C)oc1C.I. The summed E-state index contributed by atoms with van der Waals surface area (Å²) in [5.41, 5.74) is 0.770. The van der Waals surface area contributed by atoms with E-state index >= 15 is 0 Å². The zero-order valence-corrected chi connectivity index (χ0v) is 21.8. The average molecular weight is 544 g/mol. The molecule has 0 saturated carbocycles. The lowest BCUT2D eigenvalue weighted by atomic mass is 9.96. The van der Waals surface area contributed by atoms with Gasteiger partial charge in [0.1, 0.15) is 29.5 Å². The highest BCUT2D eigenvalue weighted by Gasteiger charge is 2.27. The number of aryl methyl sites for hydroxylation is 2. The quantitative estimate of drug-likeness (QED) is 0.242. The van der Waals surface area contributed by atoms with E-state index in [9.17, 15) is 5.11 Å². The molecule has 0 aliphatic rings. The van der Waals surface area contributed by atoms with Gasteiger partial charge in [-0.05, 0) is 65.6 Å². The lowest BCUT2D eigenvalue weighted by Gasteiger charge is -2.24. The summed E-state index contributed by atoms with van der Waals surface area (Å²) >= 11 is 0. The van der Waals surface area contributed by atoms with Gasteiger partial charge in [-0.1, -0.05) is 12.1 Å². The number of aliphatic imine (C=N–C) groups is 1. The Morgan fingerprint density at radius 3 is 2.58 bits per heavy atom. The summed E-state index contributed by atoms with van der Waals surface area (Å²) < 4.78 is 11.4. The van der Waals surface area contributed by atoms with Crippen LogP contribution in [0.15, 0.2) is 39.7 Å². The number of nitrogens with one attached hydrogen (secondary N) is 2. The second kappa shape index (κ2) is 12.9. The number of rotatable bonds is 10. The van der Waals surface area contributed by atoms with Crippen molar-refractivity contribution in [3.63, 3.8) is 0 Å². The number of nitrogens with zero attached hydrogens (tertiary/aromatic N) is 2. The second-order valence-corrected chi connectivity index (χ2v) is 7.95. The molecule has 0 bridgehead atoms. The molecule has 3 N–H and O–H groups in total. The van der Waals surface area contributed by atoms with Gasteiger partial charge in [0.15, 0.2) is 5.96 Å². The van der Waals surface area contributed by atoms with Gasteiger partial charge in [0.05, 0.1) is 13.1 Å². The maximum atomic E-state index is 10.9. The smallest absolute Gasteiger partial charge is 0.191 e. The Balaban J connectivity index is 0.00000480. The molecule has 0 fully saturated rings. The molecule has 1 aromatic heterocycles. The first-order valence-electron chi connectivity index (χ1n) is 10.4. The van der Waals surface area contributed by atoms with Crippen molar-refractivity contribution in [2.45, 2.75) is 39.8 Å². The fourth-order valence-corrected chi connectivity index (χ4v) is 3.11. The zero-order valence-electron chi connectivity index (χ0n) is 19.5. The molecule has 0 amide bonds. The topological polar surface area (TPSA) is 82.3 Å². The number of likely N-dealkylation sites (N-methyl/N-ethyl adjacent to an activating group) is 1. The van der Waals surface area contributed by atoms with Crippen molar-refractivity contribution in [2.24, 2.45) is 4.99 Å². The molecule has 31 heavy (non-hydrogen) atoms. The van der Waals surface area contributed by atoms with E-state index in [1.807, 2.05) is 65.2 Å². The Labute approximate surface area is 203 Å². The molecule has 0 aliphatic carbocycles. The average Bonchev–Trinajstić information content (AvgIpc) is 3.03. The Morgan fingerprint density at radius 1 is 1.23 bits per heavy atom. The molecule has 1 unspecified atom stereocenters. The summed E-state index contributed by atoms with van der Waals surface area (Å²) in [6, 6.07) is 9.85. The van der Waals surface area contributed by atoms with Gasteiger partial charge in [-0.15, -0.1) is 24.0 Å². The molecule has 1 aromatic carbocycles. The first-order valence-corrected chi connectivity index (χ1v) is 10.4. The number of furan rings is 1. The van der Waals surface area contributed by atoms with Crippen molar-refractivity contribution >= 4 is 29.9 Å². The van der Waals surface area contributed by atoms with E-state index in [0.717, 1.165) is 41.5 Å². The van der Waals surface area contributed by atoms with Gasteiger partial charge in [0.25, 0.3) is 0 Å².